The van der Waals surface area contributed by atoms with Gasteiger partial charge in [0, 0.05) is 12.2 Å². The smallest absolute Gasteiger partial charge is 0.407 e. The fourth-order valence-electron chi connectivity index (χ4n) is 1.87. The van der Waals surface area contributed by atoms with E-state index in [0.717, 1.165) is 6.07 Å². The fraction of sp³-hybridized carbons (Fsp3) is 0.533. The van der Waals surface area contributed by atoms with Crippen molar-refractivity contribution in [3.8, 4) is 0 Å². The molecule has 1 aromatic carbocycles. The summed E-state index contributed by atoms with van der Waals surface area (Å²) in [6, 6.07) is 4.13. The molecule has 0 bridgehead atoms. The Kier molecular flexibility index (Phi) is 5.50. The normalized spacial score (nSPS) is 12.1. The lowest BCUT2D eigenvalue weighted by Crippen LogP contribution is -2.46. The molecule has 3 nitrogen and oxygen atoms in total. The summed E-state index contributed by atoms with van der Waals surface area (Å²) in [5, 5.41) is 2.73. The summed E-state index contributed by atoms with van der Waals surface area (Å²) in [7, 11) is -1.91. The maximum Gasteiger partial charge on any atom is 0.407 e. The minimum atomic E-state index is -1.91. The van der Waals surface area contributed by atoms with E-state index in [2.05, 4.69) is 5.32 Å². The molecule has 0 aliphatic heterocycles. The van der Waals surface area contributed by atoms with E-state index >= 15 is 0 Å². The highest BCUT2D eigenvalue weighted by Crippen LogP contribution is 2.16. The molecule has 0 aromatic heterocycles. The Hall–Kier alpha value is -1.43. The van der Waals surface area contributed by atoms with Crippen LogP contribution in [-0.2, 0) is 10.8 Å². The van der Waals surface area contributed by atoms with Gasteiger partial charge in [0.15, 0.2) is 0 Å². The molecule has 6 heteroatoms. The van der Waals surface area contributed by atoms with Crippen molar-refractivity contribution in [2.75, 3.05) is 6.17 Å². The van der Waals surface area contributed by atoms with Crippen LogP contribution >= 0.6 is 0 Å². The third-order valence-electron chi connectivity index (χ3n) is 2.79. The highest BCUT2D eigenvalue weighted by molar-refractivity contribution is 6.77. The van der Waals surface area contributed by atoms with Gasteiger partial charge in [0.2, 0.25) is 0 Å². The minimum Gasteiger partial charge on any atom is -0.444 e. The van der Waals surface area contributed by atoms with E-state index < -0.39 is 31.4 Å². The van der Waals surface area contributed by atoms with Crippen LogP contribution in [0.15, 0.2) is 18.2 Å². The summed E-state index contributed by atoms with van der Waals surface area (Å²) in [6.45, 7) is 9.45. The van der Waals surface area contributed by atoms with Gasteiger partial charge in [-0.25, -0.2) is 13.6 Å². The van der Waals surface area contributed by atoms with E-state index in [1.165, 1.54) is 12.1 Å². The van der Waals surface area contributed by atoms with Gasteiger partial charge >= 0.3 is 6.09 Å². The van der Waals surface area contributed by atoms with Gasteiger partial charge in [-0.3, -0.25) is 0 Å². The van der Waals surface area contributed by atoms with E-state index in [1.807, 2.05) is 13.1 Å². The van der Waals surface area contributed by atoms with Crippen molar-refractivity contribution in [3.63, 3.8) is 0 Å². The number of carbonyl (C=O) groups is 1. The Morgan fingerprint density at radius 1 is 1.29 bits per heavy atom. The second-order valence-electron chi connectivity index (χ2n) is 6.93. The standard InChI is InChI=1S/C15H23F2NO2Si/c1-15(2,3)20-14(19)18-10-21(4,5)9-11-6-7-12(16)8-13(11)17/h6-8H,9-10H2,1-5H3,(H,18,19). The number of nitrogens with one attached hydrogen (secondary N) is 1. The molecule has 1 aromatic rings. The summed E-state index contributed by atoms with van der Waals surface area (Å²) < 4.78 is 31.7. The molecule has 1 amide bonds. The van der Waals surface area contributed by atoms with Crippen molar-refractivity contribution < 1.29 is 18.3 Å². The molecule has 0 radical (unpaired) electrons. The summed E-state index contributed by atoms with van der Waals surface area (Å²) in [6.07, 6.45) is 0.00120. The molecular weight excluding hydrogens is 292 g/mol. The Morgan fingerprint density at radius 2 is 1.90 bits per heavy atom. The monoisotopic (exact) mass is 315 g/mol. The molecular formula is C15H23F2NO2Si. The fourth-order valence-corrected chi connectivity index (χ4v) is 3.93. The number of alkyl carbamates (subject to hydrolysis) is 1. The molecule has 0 spiro atoms. The van der Waals surface area contributed by atoms with Crippen molar-refractivity contribution in [1.82, 2.24) is 5.32 Å². The molecule has 21 heavy (non-hydrogen) atoms. The Morgan fingerprint density at radius 3 is 2.43 bits per heavy atom. The van der Waals surface area contributed by atoms with Gasteiger partial charge in [0.05, 0.1) is 8.07 Å². The van der Waals surface area contributed by atoms with E-state index in [9.17, 15) is 13.6 Å². The maximum absolute atomic E-state index is 13.7. The first-order valence-electron chi connectivity index (χ1n) is 6.89. The molecule has 0 heterocycles. The van der Waals surface area contributed by atoms with Crippen LogP contribution in [0.3, 0.4) is 0 Å². The number of halogens is 2. The van der Waals surface area contributed by atoms with Crippen molar-refractivity contribution in [2.45, 2.75) is 45.5 Å². The largest absolute Gasteiger partial charge is 0.444 e. The lowest BCUT2D eigenvalue weighted by molar-refractivity contribution is 0.0536. The van der Waals surface area contributed by atoms with Gasteiger partial charge in [-0.15, -0.1) is 0 Å². The van der Waals surface area contributed by atoms with Crippen LogP contribution in [0.1, 0.15) is 26.3 Å². The summed E-state index contributed by atoms with van der Waals surface area (Å²) >= 11 is 0. The number of ether oxygens (including phenoxy) is 1. The molecule has 0 aliphatic rings. The predicted molar refractivity (Wildman–Crippen MR) is 81.8 cm³/mol. The van der Waals surface area contributed by atoms with Crippen LogP contribution < -0.4 is 5.32 Å². The number of benzene rings is 1. The molecule has 0 aliphatic carbocycles. The predicted octanol–water partition coefficient (Wildman–Crippen LogP) is 3.82. The molecule has 0 atom stereocenters. The van der Waals surface area contributed by atoms with Crippen LogP contribution in [-0.4, -0.2) is 25.9 Å². The van der Waals surface area contributed by atoms with E-state index in [1.54, 1.807) is 20.8 Å². The Labute approximate surface area is 125 Å². The first kappa shape index (κ1) is 17.6. The average Bonchev–Trinajstić information content (AvgIpc) is 2.28. The molecule has 0 saturated heterocycles. The van der Waals surface area contributed by atoms with Gasteiger partial charge in [0.25, 0.3) is 0 Å². The molecule has 0 saturated carbocycles. The maximum atomic E-state index is 13.7. The minimum absolute atomic E-state index is 0.470. The first-order chi connectivity index (χ1) is 9.48. The SMILES string of the molecule is CC(C)(C)OC(=O)NC[Si](C)(C)Cc1ccc(F)cc1F. The highest BCUT2D eigenvalue weighted by atomic mass is 28.3. The zero-order valence-corrected chi connectivity index (χ0v) is 14.2. The number of hydrogen-bond acceptors (Lipinski definition) is 2. The zero-order valence-electron chi connectivity index (χ0n) is 13.2. The van der Waals surface area contributed by atoms with Crippen LogP contribution in [0, 0.1) is 11.6 Å². The number of amides is 1. The number of carbonyl (C=O) groups excluding carboxylic acids is 1. The van der Waals surface area contributed by atoms with Gasteiger partial charge in [-0.1, -0.05) is 19.2 Å². The average molecular weight is 315 g/mol. The summed E-state index contributed by atoms with van der Waals surface area (Å²) in [4.78, 5) is 11.6. The van der Waals surface area contributed by atoms with Gasteiger partial charge in [-0.2, -0.15) is 0 Å². The number of rotatable bonds is 4. The van der Waals surface area contributed by atoms with Crippen molar-refractivity contribution in [1.29, 1.82) is 0 Å². The van der Waals surface area contributed by atoms with Gasteiger partial charge in [-0.05, 0) is 38.4 Å². The number of hydrogen-bond donors (Lipinski definition) is 1. The van der Waals surface area contributed by atoms with Gasteiger partial charge < -0.3 is 10.1 Å². The lowest BCUT2D eigenvalue weighted by atomic mass is 10.2. The Bertz CT molecular complexity index is 513. The lowest BCUT2D eigenvalue weighted by Gasteiger charge is -2.25. The van der Waals surface area contributed by atoms with Gasteiger partial charge in [0.1, 0.15) is 17.2 Å². The van der Waals surface area contributed by atoms with Crippen LogP contribution in [0.25, 0.3) is 0 Å². The van der Waals surface area contributed by atoms with Crippen molar-refractivity contribution in [2.24, 2.45) is 0 Å². The second kappa shape index (κ2) is 6.55. The van der Waals surface area contributed by atoms with E-state index in [-0.39, 0.29) is 0 Å². The third kappa shape index (κ3) is 6.71. The van der Waals surface area contributed by atoms with Crippen LogP contribution in [0.5, 0.6) is 0 Å². The van der Waals surface area contributed by atoms with E-state index in [0.29, 0.717) is 17.8 Å². The third-order valence-corrected chi connectivity index (χ3v) is 5.27. The van der Waals surface area contributed by atoms with Crippen LogP contribution in [0.4, 0.5) is 13.6 Å². The summed E-state index contributed by atoms with van der Waals surface area (Å²) in [5.41, 5.74) is -0.0576. The van der Waals surface area contributed by atoms with E-state index in [4.69, 9.17) is 4.74 Å². The van der Waals surface area contributed by atoms with Crippen molar-refractivity contribution >= 4 is 14.2 Å². The Balaban J connectivity index is 2.59. The zero-order chi connectivity index (χ0) is 16.3. The molecule has 0 fully saturated rings. The van der Waals surface area contributed by atoms with Crippen molar-refractivity contribution in [3.05, 3.63) is 35.4 Å². The quantitative estimate of drug-likeness (QED) is 0.858. The highest BCUT2D eigenvalue weighted by Gasteiger charge is 2.25. The first-order valence-corrected chi connectivity index (χ1v) is 10.3. The molecule has 118 valence electrons. The second-order valence-corrected chi connectivity index (χ2v) is 12.0. The molecule has 0 unspecified atom stereocenters. The molecule has 1 N–H and O–H groups in total. The summed E-state index contributed by atoms with van der Waals surface area (Å²) in [5.74, 6) is -1.12. The van der Waals surface area contributed by atoms with Crippen LogP contribution in [0.2, 0.25) is 13.1 Å². The molecule has 1 rings (SSSR count). The topological polar surface area (TPSA) is 38.3 Å².